The van der Waals surface area contributed by atoms with Crippen LogP contribution in [0.15, 0.2) is 77.7 Å². The largest absolute Gasteiger partial charge is 0.495 e. The number of ether oxygens (including phenoxy) is 1. The van der Waals surface area contributed by atoms with E-state index >= 15 is 0 Å². The number of anilines is 1. The van der Waals surface area contributed by atoms with Crippen molar-refractivity contribution < 1.29 is 22.3 Å². The molecule has 3 rings (SSSR count). The zero-order valence-corrected chi connectivity index (χ0v) is 16.4. The summed E-state index contributed by atoms with van der Waals surface area (Å²) >= 11 is 0. The first-order valence-corrected chi connectivity index (χ1v) is 10.2. The third-order valence-corrected chi connectivity index (χ3v) is 5.55. The Kier molecular flexibility index (Phi) is 6.26. The van der Waals surface area contributed by atoms with E-state index in [9.17, 15) is 17.6 Å². The van der Waals surface area contributed by atoms with E-state index in [1.54, 1.807) is 12.1 Å². The van der Waals surface area contributed by atoms with Crippen molar-refractivity contribution in [2.24, 2.45) is 0 Å². The summed E-state index contributed by atoms with van der Waals surface area (Å²) in [6, 6.07) is 18.4. The van der Waals surface area contributed by atoms with Crippen LogP contribution in [0.4, 0.5) is 10.1 Å². The molecular weight excluding hydrogens is 395 g/mol. The Morgan fingerprint density at radius 2 is 1.69 bits per heavy atom. The molecule has 8 heteroatoms. The van der Waals surface area contributed by atoms with Crippen LogP contribution in [0.3, 0.4) is 0 Å². The minimum atomic E-state index is -3.94. The highest BCUT2D eigenvalue weighted by atomic mass is 32.2. The topological polar surface area (TPSA) is 84.5 Å². The van der Waals surface area contributed by atoms with E-state index in [0.717, 1.165) is 5.56 Å². The molecule has 0 saturated heterocycles. The fraction of sp³-hybridized carbons (Fsp3) is 0.0952. The average Bonchev–Trinajstić information content (AvgIpc) is 2.74. The van der Waals surface area contributed by atoms with Crippen LogP contribution in [0, 0.1) is 5.82 Å². The lowest BCUT2D eigenvalue weighted by Crippen LogP contribution is -2.24. The molecule has 0 aliphatic rings. The molecule has 1 amide bonds. The van der Waals surface area contributed by atoms with Gasteiger partial charge in [-0.1, -0.05) is 30.3 Å². The minimum Gasteiger partial charge on any atom is -0.495 e. The van der Waals surface area contributed by atoms with Crippen molar-refractivity contribution in [2.75, 3.05) is 12.4 Å². The molecule has 0 aliphatic heterocycles. The van der Waals surface area contributed by atoms with Crippen LogP contribution in [-0.4, -0.2) is 21.4 Å². The molecule has 29 heavy (non-hydrogen) atoms. The maximum atomic E-state index is 13.0. The molecule has 0 unspecified atom stereocenters. The van der Waals surface area contributed by atoms with Gasteiger partial charge >= 0.3 is 0 Å². The van der Waals surface area contributed by atoms with E-state index in [0.29, 0.717) is 5.69 Å². The van der Waals surface area contributed by atoms with Crippen molar-refractivity contribution in [3.05, 3.63) is 89.7 Å². The van der Waals surface area contributed by atoms with Gasteiger partial charge in [-0.15, -0.1) is 0 Å². The van der Waals surface area contributed by atoms with Gasteiger partial charge < -0.3 is 10.1 Å². The van der Waals surface area contributed by atoms with Crippen molar-refractivity contribution in [3.8, 4) is 5.75 Å². The third kappa shape index (κ3) is 5.18. The van der Waals surface area contributed by atoms with Gasteiger partial charge in [0.25, 0.3) is 5.91 Å². The van der Waals surface area contributed by atoms with Gasteiger partial charge in [-0.05, 0) is 48.0 Å². The molecule has 0 aliphatic carbocycles. The van der Waals surface area contributed by atoms with E-state index < -0.39 is 21.7 Å². The van der Waals surface area contributed by atoms with E-state index in [2.05, 4.69) is 10.0 Å². The molecule has 2 N–H and O–H groups in total. The Morgan fingerprint density at radius 3 is 2.34 bits per heavy atom. The van der Waals surface area contributed by atoms with Gasteiger partial charge in [-0.3, -0.25) is 4.79 Å². The number of halogens is 1. The highest BCUT2D eigenvalue weighted by molar-refractivity contribution is 7.89. The summed E-state index contributed by atoms with van der Waals surface area (Å²) in [6.07, 6.45) is 0. The molecule has 0 spiro atoms. The molecule has 0 atom stereocenters. The first-order valence-electron chi connectivity index (χ1n) is 8.67. The Balaban J connectivity index is 1.83. The van der Waals surface area contributed by atoms with Crippen LogP contribution in [0.2, 0.25) is 0 Å². The van der Waals surface area contributed by atoms with Crippen LogP contribution in [-0.2, 0) is 16.6 Å². The molecule has 3 aromatic carbocycles. The number of amides is 1. The Hall–Kier alpha value is -3.23. The lowest BCUT2D eigenvalue weighted by molar-refractivity contribution is 0.102. The lowest BCUT2D eigenvalue weighted by Gasteiger charge is -2.13. The lowest BCUT2D eigenvalue weighted by atomic mass is 10.2. The second-order valence-corrected chi connectivity index (χ2v) is 7.87. The van der Waals surface area contributed by atoms with Gasteiger partial charge in [0.05, 0.1) is 7.11 Å². The van der Waals surface area contributed by atoms with E-state index in [1.807, 2.05) is 18.2 Å². The van der Waals surface area contributed by atoms with Crippen molar-refractivity contribution in [3.63, 3.8) is 0 Å². The van der Waals surface area contributed by atoms with Crippen molar-refractivity contribution in [1.82, 2.24) is 4.72 Å². The Morgan fingerprint density at radius 1 is 1.00 bits per heavy atom. The third-order valence-electron chi connectivity index (χ3n) is 4.13. The number of carbonyl (C=O) groups is 1. The second kappa shape index (κ2) is 8.85. The molecule has 6 nitrogen and oxygen atoms in total. The number of nitrogens with one attached hydrogen (secondary N) is 2. The molecule has 150 valence electrons. The standard InChI is InChI=1S/C21H19FN2O4S/c1-28-19-12-7-16(21(25)24-18-10-8-17(22)9-11-18)13-20(19)29(26,27)23-14-15-5-3-2-4-6-15/h2-13,23H,14H2,1H3,(H,24,25). The first-order chi connectivity index (χ1) is 13.9. The fourth-order valence-electron chi connectivity index (χ4n) is 2.62. The van der Waals surface area contributed by atoms with Gasteiger partial charge in [-0.25, -0.2) is 17.5 Å². The van der Waals surface area contributed by atoms with Crippen LogP contribution in [0.1, 0.15) is 15.9 Å². The summed E-state index contributed by atoms with van der Waals surface area (Å²) in [4.78, 5) is 12.3. The second-order valence-electron chi connectivity index (χ2n) is 6.14. The Labute approximate surface area is 168 Å². The highest BCUT2D eigenvalue weighted by Gasteiger charge is 2.21. The summed E-state index contributed by atoms with van der Waals surface area (Å²) in [6.45, 7) is 0.0956. The number of hydrogen-bond acceptors (Lipinski definition) is 4. The van der Waals surface area contributed by atoms with Crippen LogP contribution in [0.5, 0.6) is 5.75 Å². The number of rotatable bonds is 7. The van der Waals surface area contributed by atoms with Crippen LogP contribution in [0.25, 0.3) is 0 Å². The van der Waals surface area contributed by atoms with E-state index in [-0.39, 0.29) is 22.8 Å². The van der Waals surface area contributed by atoms with Gasteiger partial charge in [0.15, 0.2) is 0 Å². The number of hydrogen-bond donors (Lipinski definition) is 2. The molecule has 0 bridgehead atoms. The zero-order chi connectivity index (χ0) is 20.9. The minimum absolute atomic E-state index is 0.0956. The number of methoxy groups -OCH3 is 1. The number of carbonyl (C=O) groups excluding carboxylic acids is 1. The predicted molar refractivity (Wildman–Crippen MR) is 108 cm³/mol. The monoisotopic (exact) mass is 414 g/mol. The molecule has 0 saturated carbocycles. The zero-order valence-electron chi connectivity index (χ0n) is 15.6. The molecule has 0 heterocycles. The fourth-order valence-corrected chi connectivity index (χ4v) is 3.83. The summed E-state index contributed by atoms with van der Waals surface area (Å²) in [5.41, 5.74) is 1.30. The average molecular weight is 414 g/mol. The number of sulfonamides is 1. The van der Waals surface area contributed by atoms with Crippen molar-refractivity contribution in [2.45, 2.75) is 11.4 Å². The Bertz CT molecular complexity index is 1100. The molecule has 0 fully saturated rings. The summed E-state index contributed by atoms with van der Waals surface area (Å²) in [7, 11) is -2.59. The summed E-state index contributed by atoms with van der Waals surface area (Å²) in [5, 5.41) is 2.60. The highest BCUT2D eigenvalue weighted by Crippen LogP contribution is 2.25. The van der Waals surface area contributed by atoms with Gasteiger partial charge in [0, 0.05) is 17.8 Å². The van der Waals surface area contributed by atoms with Crippen molar-refractivity contribution in [1.29, 1.82) is 0 Å². The first kappa shape index (κ1) is 20.5. The summed E-state index contributed by atoms with van der Waals surface area (Å²) < 4.78 is 46.3. The van der Waals surface area contributed by atoms with Gasteiger partial charge in [-0.2, -0.15) is 0 Å². The molecular formula is C21H19FN2O4S. The maximum absolute atomic E-state index is 13.0. The smallest absolute Gasteiger partial charge is 0.255 e. The van der Waals surface area contributed by atoms with Gasteiger partial charge in [0.1, 0.15) is 16.5 Å². The summed E-state index contributed by atoms with van der Waals surface area (Å²) in [5.74, 6) is -0.840. The predicted octanol–water partition coefficient (Wildman–Crippen LogP) is 3.57. The van der Waals surface area contributed by atoms with Crippen molar-refractivity contribution >= 4 is 21.6 Å². The van der Waals surface area contributed by atoms with E-state index in [4.69, 9.17) is 4.74 Å². The molecule has 0 aromatic heterocycles. The molecule has 0 radical (unpaired) electrons. The van der Waals surface area contributed by atoms with Gasteiger partial charge in [0.2, 0.25) is 10.0 Å². The van der Waals surface area contributed by atoms with Crippen LogP contribution < -0.4 is 14.8 Å². The molecule has 3 aromatic rings. The number of benzene rings is 3. The SMILES string of the molecule is COc1ccc(C(=O)Nc2ccc(F)cc2)cc1S(=O)(=O)NCc1ccccc1. The quantitative estimate of drug-likeness (QED) is 0.619. The van der Waals surface area contributed by atoms with Crippen LogP contribution >= 0.6 is 0 Å². The normalized spacial score (nSPS) is 11.1. The van der Waals surface area contributed by atoms with E-state index in [1.165, 1.54) is 49.6 Å². The maximum Gasteiger partial charge on any atom is 0.255 e.